The zero-order chi connectivity index (χ0) is 14.3. The quantitative estimate of drug-likeness (QED) is 0.902. The molecular weight excluding hydrogens is 307 g/mol. The number of hydrogen-bond donors (Lipinski definition) is 1. The molecule has 3 nitrogen and oxygen atoms in total. The molecule has 2 heterocycles. The fourth-order valence-corrected chi connectivity index (χ4v) is 3.81. The third-order valence-corrected chi connectivity index (χ3v) is 4.98. The molecule has 2 aliphatic heterocycles. The molecular formula is C16H22Cl2N2O. The van der Waals surface area contributed by atoms with Crippen molar-refractivity contribution in [3.63, 3.8) is 0 Å². The zero-order valence-electron chi connectivity index (χ0n) is 12.4. The van der Waals surface area contributed by atoms with Crippen LogP contribution in [0.4, 0.5) is 0 Å². The van der Waals surface area contributed by atoms with E-state index in [0.29, 0.717) is 28.7 Å². The minimum atomic E-state index is 0. The van der Waals surface area contributed by atoms with E-state index in [2.05, 4.69) is 5.32 Å². The first-order valence-corrected chi connectivity index (χ1v) is 7.71. The second-order valence-electron chi connectivity index (χ2n) is 6.16. The summed E-state index contributed by atoms with van der Waals surface area (Å²) in [7, 11) is 1.91. The third-order valence-electron chi connectivity index (χ3n) is 4.67. The van der Waals surface area contributed by atoms with Crippen LogP contribution in [-0.4, -0.2) is 36.0 Å². The predicted molar refractivity (Wildman–Crippen MR) is 88.5 cm³/mol. The second-order valence-corrected chi connectivity index (χ2v) is 6.57. The van der Waals surface area contributed by atoms with E-state index in [1.165, 1.54) is 12.8 Å². The SMILES string of the molecule is Cc1ccc(C(=O)N(C)C2CC3CCC(C2)N3)c(Cl)c1.Cl. The number of nitrogens with zero attached hydrogens (tertiary/aromatic N) is 1. The van der Waals surface area contributed by atoms with E-state index >= 15 is 0 Å². The molecule has 2 bridgehead atoms. The van der Waals surface area contributed by atoms with Crippen LogP contribution in [0.15, 0.2) is 18.2 Å². The van der Waals surface area contributed by atoms with Crippen molar-refractivity contribution in [2.24, 2.45) is 0 Å². The van der Waals surface area contributed by atoms with Gasteiger partial charge in [-0.05, 0) is 50.3 Å². The fraction of sp³-hybridized carbons (Fsp3) is 0.562. The Morgan fingerprint density at radius 2 is 1.90 bits per heavy atom. The highest BCUT2D eigenvalue weighted by Crippen LogP contribution is 2.30. The molecule has 0 aliphatic carbocycles. The molecule has 116 valence electrons. The van der Waals surface area contributed by atoms with Gasteiger partial charge < -0.3 is 10.2 Å². The van der Waals surface area contributed by atoms with Crippen molar-refractivity contribution in [2.75, 3.05) is 7.05 Å². The number of benzene rings is 1. The highest BCUT2D eigenvalue weighted by Gasteiger charge is 2.36. The first kappa shape index (κ1) is 16.6. The molecule has 0 radical (unpaired) electrons. The molecule has 5 heteroatoms. The normalized spacial score (nSPS) is 27.1. The summed E-state index contributed by atoms with van der Waals surface area (Å²) < 4.78 is 0. The van der Waals surface area contributed by atoms with E-state index in [-0.39, 0.29) is 18.3 Å². The van der Waals surface area contributed by atoms with E-state index in [4.69, 9.17) is 11.6 Å². The van der Waals surface area contributed by atoms with Crippen LogP contribution in [0.3, 0.4) is 0 Å². The first-order chi connectivity index (χ1) is 9.54. The van der Waals surface area contributed by atoms with Gasteiger partial charge in [0.1, 0.15) is 0 Å². The van der Waals surface area contributed by atoms with Crippen molar-refractivity contribution in [1.29, 1.82) is 0 Å². The van der Waals surface area contributed by atoms with Gasteiger partial charge in [-0.25, -0.2) is 0 Å². The Morgan fingerprint density at radius 1 is 1.29 bits per heavy atom. The highest BCUT2D eigenvalue weighted by atomic mass is 35.5. The Bertz CT molecular complexity index is 523. The van der Waals surface area contributed by atoms with Crippen molar-refractivity contribution < 1.29 is 4.79 Å². The van der Waals surface area contributed by atoms with Crippen molar-refractivity contribution in [2.45, 2.75) is 50.7 Å². The molecule has 0 aromatic heterocycles. The molecule has 0 spiro atoms. The molecule has 1 aromatic rings. The number of aryl methyl sites for hydroxylation is 1. The van der Waals surface area contributed by atoms with Crippen LogP contribution in [0.1, 0.15) is 41.6 Å². The van der Waals surface area contributed by atoms with Crippen molar-refractivity contribution in [3.05, 3.63) is 34.3 Å². The van der Waals surface area contributed by atoms with E-state index < -0.39 is 0 Å². The van der Waals surface area contributed by atoms with Crippen molar-refractivity contribution >= 4 is 29.9 Å². The number of rotatable bonds is 2. The third kappa shape index (κ3) is 3.36. The minimum absolute atomic E-state index is 0. The topological polar surface area (TPSA) is 32.3 Å². The molecule has 0 saturated carbocycles. The molecule has 1 N–H and O–H groups in total. The van der Waals surface area contributed by atoms with Gasteiger partial charge in [0.2, 0.25) is 0 Å². The van der Waals surface area contributed by atoms with Crippen LogP contribution in [0.5, 0.6) is 0 Å². The summed E-state index contributed by atoms with van der Waals surface area (Å²) in [5.41, 5.74) is 1.69. The largest absolute Gasteiger partial charge is 0.339 e. The molecule has 2 unspecified atom stereocenters. The Hall–Kier alpha value is -0.770. The summed E-state index contributed by atoms with van der Waals surface area (Å²) in [5.74, 6) is 0.0429. The first-order valence-electron chi connectivity index (χ1n) is 7.34. The lowest BCUT2D eigenvalue weighted by molar-refractivity contribution is 0.0682. The molecule has 2 fully saturated rings. The lowest BCUT2D eigenvalue weighted by Crippen LogP contribution is -2.48. The second kappa shape index (κ2) is 6.55. The maximum Gasteiger partial charge on any atom is 0.255 e. The lowest BCUT2D eigenvalue weighted by atomic mass is 9.98. The maximum absolute atomic E-state index is 12.6. The molecule has 21 heavy (non-hydrogen) atoms. The predicted octanol–water partition coefficient (Wildman–Crippen LogP) is 3.43. The van der Waals surface area contributed by atoms with Crippen LogP contribution in [0.25, 0.3) is 0 Å². The number of fused-ring (bicyclic) bond motifs is 2. The molecule has 2 aliphatic rings. The van der Waals surface area contributed by atoms with Crippen molar-refractivity contribution in [3.8, 4) is 0 Å². The summed E-state index contributed by atoms with van der Waals surface area (Å²) in [5, 5.41) is 4.16. The number of piperidine rings is 1. The Morgan fingerprint density at radius 3 is 2.48 bits per heavy atom. The summed E-state index contributed by atoms with van der Waals surface area (Å²) in [6, 6.07) is 7.14. The van der Waals surface area contributed by atoms with Crippen LogP contribution < -0.4 is 5.32 Å². The van der Waals surface area contributed by atoms with Crippen LogP contribution >= 0.6 is 24.0 Å². The Balaban J connectivity index is 0.00000161. The summed E-state index contributed by atoms with van der Waals surface area (Å²) in [6.45, 7) is 1.98. The zero-order valence-corrected chi connectivity index (χ0v) is 14.0. The summed E-state index contributed by atoms with van der Waals surface area (Å²) in [4.78, 5) is 14.5. The molecule has 2 saturated heterocycles. The van der Waals surface area contributed by atoms with Crippen molar-refractivity contribution in [1.82, 2.24) is 10.2 Å². The maximum atomic E-state index is 12.6. The van der Waals surface area contributed by atoms with Gasteiger partial charge in [-0.1, -0.05) is 17.7 Å². The number of carbonyl (C=O) groups is 1. The average Bonchev–Trinajstić information content (AvgIpc) is 2.76. The minimum Gasteiger partial charge on any atom is -0.339 e. The fourth-order valence-electron chi connectivity index (χ4n) is 3.49. The van der Waals surface area contributed by atoms with E-state index in [1.807, 2.05) is 37.1 Å². The molecule has 1 aromatic carbocycles. The van der Waals surface area contributed by atoms with E-state index in [0.717, 1.165) is 18.4 Å². The van der Waals surface area contributed by atoms with Crippen LogP contribution in [-0.2, 0) is 0 Å². The van der Waals surface area contributed by atoms with E-state index in [1.54, 1.807) is 0 Å². The summed E-state index contributed by atoms with van der Waals surface area (Å²) in [6.07, 6.45) is 4.60. The Kier molecular flexibility index (Phi) is 5.18. The monoisotopic (exact) mass is 328 g/mol. The Labute approximate surface area is 137 Å². The van der Waals surface area contributed by atoms with Crippen LogP contribution in [0, 0.1) is 6.92 Å². The number of halogens is 2. The van der Waals surface area contributed by atoms with Gasteiger partial charge in [-0.2, -0.15) is 0 Å². The number of carbonyl (C=O) groups excluding carboxylic acids is 1. The van der Waals surface area contributed by atoms with Gasteiger partial charge in [0.15, 0.2) is 0 Å². The highest BCUT2D eigenvalue weighted by molar-refractivity contribution is 6.33. The smallest absolute Gasteiger partial charge is 0.255 e. The number of hydrogen-bond acceptors (Lipinski definition) is 2. The average molecular weight is 329 g/mol. The number of amides is 1. The van der Waals surface area contributed by atoms with Gasteiger partial charge in [0.05, 0.1) is 10.6 Å². The van der Waals surface area contributed by atoms with Gasteiger partial charge in [-0.3, -0.25) is 4.79 Å². The standard InChI is InChI=1S/C16H21ClN2O.ClH/c1-10-3-6-14(15(17)7-10)16(20)19(2)13-8-11-4-5-12(9-13)18-11;/h3,6-7,11-13,18H,4-5,8-9H2,1-2H3;1H. The molecule has 2 atom stereocenters. The molecule has 1 amide bonds. The molecule has 3 rings (SSSR count). The van der Waals surface area contributed by atoms with Gasteiger partial charge in [-0.15, -0.1) is 12.4 Å². The summed E-state index contributed by atoms with van der Waals surface area (Å²) >= 11 is 6.22. The van der Waals surface area contributed by atoms with Crippen LogP contribution in [0.2, 0.25) is 5.02 Å². The van der Waals surface area contributed by atoms with Gasteiger partial charge in [0, 0.05) is 25.2 Å². The number of nitrogens with one attached hydrogen (secondary N) is 1. The van der Waals surface area contributed by atoms with Gasteiger partial charge in [0.25, 0.3) is 5.91 Å². The van der Waals surface area contributed by atoms with E-state index in [9.17, 15) is 4.79 Å². The van der Waals surface area contributed by atoms with Gasteiger partial charge >= 0.3 is 0 Å². The lowest BCUT2D eigenvalue weighted by Gasteiger charge is -2.35.